The van der Waals surface area contributed by atoms with Gasteiger partial charge < -0.3 is 15.0 Å². The van der Waals surface area contributed by atoms with Gasteiger partial charge in [0, 0.05) is 17.6 Å². The Kier molecular flexibility index (Phi) is 2.59. The summed E-state index contributed by atoms with van der Waals surface area (Å²) in [5.41, 5.74) is 7.44. The van der Waals surface area contributed by atoms with Gasteiger partial charge in [-0.1, -0.05) is 0 Å². The molecule has 2 N–H and O–H groups in total. The summed E-state index contributed by atoms with van der Waals surface area (Å²) in [6.45, 7) is 0. The Bertz CT molecular complexity index is 502. The van der Waals surface area contributed by atoms with E-state index < -0.39 is 5.97 Å². The molecule has 0 atom stereocenters. The van der Waals surface area contributed by atoms with Crippen LogP contribution < -0.4 is 5.73 Å². The maximum absolute atomic E-state index is 11.2. The van der Waals surface area contributed by atoms with Gasteiger partial charge in [-0.25, -0.2) is 9.78 Å². The van der Waals surface area contributed by atoms with Gasteiger partial charge >= 0.3 is 5.97 Å². The van der Waals surface area contributed by atoms with E-state index in [1.807, 2.05) is 12.1 Å². The average molecular weight is 217 g/mol. The number of anilines is 1. The lowest BCUT2D eigenvalue weighted by Crippen LogP contribution is -2.01. The van der Waals surface area contributed by atoms with Crippen molar-refractivity contribution in [2.75, 3.05) is 12.8 Å². The molecule has 0 aliphatic heterocycles. The Labute approximate surface area is 92.5 Å². The number of ether oxygens (including phenoxy) is 1. The number of hydrogen-bond acceptors (Lipinski definition) is 4. The fourth-order valence-electron chi connectivity index (χ4n) is 1.32. The summed E-state index contributed by atoms with van der Waals surface area (Å²) in [6, 6.07) is 7.26. The molecular weight excluding hydrogens is 206 g/mol. The molecule has 5 heteroatoms. The van der Waals surface area contributed by atoms with Crippen LogP contribution in [0, 0.1) is 0 Å². The molecule has 2 aromatic rings. The van der Waals surface area contributed by atoms with Crippen LogP contribution in [0.5, 0.6) is 0 Å². The second-order valence-electron chi connectivity index (χ2n) is 3.25. The minimum absolute atomic E-state index is 0.277. The van der Waals surface area contributed by atoms with Crippen molar-refractivity contribution in [1.29, 1.82) is 0 Å². The molecule has 5 nitrogen and oxygen atoms in total. The van der Waals surface area contributed by atoms with Crippen molar-refractivity contribution >= 4 is 11.7 Å². The van der Waals surface area contributed by atoms with E-state index in [4.69, 9.17) is 5.73 Å². The molecule has 0 bridgehead atoms. The summed E-state index contributed by atoms with van der Waals surface area (Å²) in [6.07, 6.45) is 3.16. The van der Waals surface area contributed by atoms with Crippen molar-refractivity contribution in [3.05, 3.63) is 42.5 Å². The normalized spacial score (nSPS) is 10.1. The molecule has 1 heterocycles. The highest BCUT2D eigenvalue weighted by Gasteiger charge is 2.09. The van der Waals surface area contributed by atoms with Gasteiger partial charge in [0.05, 0.1) is 7.11 Å². The summed E-state index contributed by atoms with van der Waals surface area (Å²) in [5, 5.41) is 0. The molecule has 0 aliphatic rings. The van der Waals surface area contributed by atoms with Gasteiger partial charge in [0.25, 0.3) is 0 Å². The third-order valence-electron chi connectivity index (χ3n) is 2.17. The average Bonchev–Trinajstić information content (AvgIpc) is 2.78. The Morgan fingerprint density at radius 2 is 2.06 bits per heavy atom. The van der Waals surface area contributed by atoms with Gasteiger partial charge in [-0.2, -0.15) is 0 Å². The van der Waals surface area contributed by atoms with E-state index >= 15 is 0 Å². The van der Waals surface area contributed by atoms with E-state index in [-0.39, 0.29) is 5.69 Å². The van der Waals surface area contributed by atoms with Gasteiger partial charge in [-0.3, -0.25) is 0 Å². The monoisotopic (exact) mass is 217 g/mol. The third-order valence-corrected chi connectivity index (χ3v) is 2.17. The molecule has 0 saturated heterocycles. The summed E-state index contributed by atoms with van der Waals surface area (Å²) in [5.74, 6) is -0.450. The summed E-state index contributed by atoms with van der Waals surface area (Å²) < 4.78 is 6.30. The molecule has 0 aliphatic carbocycles. The first-order valence-electron chi connectivity index (χ1n) is 4.69. The maximum atomic E-state index is 11.2. The third kappa shape index (κ3) is 1.88. The quantitative estimate of drug-likeness (QED) is 0.607. The molecule has 1 aromatic carbocycles. The fraction of sp³-hybridized carbons (Fsp3) is 0.0909. The smallest absolute Gasteiger partial charge is 0.358 e. The van der Waals surface area contributed by atoms with Crippen LogP contribution in [0.2, 0.25) is 0 Å². The predicted molar refractivity (Wildman–Crippen MR) is 59.3 cm³/mol. The number of methoxy groups -OCH3 is 1. The van der Waals surface area contributed by atoms with E-state index in [1.54, 1.807) is 29.2 Å². The van der Waals surface area contributed by atoms with Crippen molar-refractivity contribution in [2.45, 2.75) is 0 Å². The Hall–Kier alpha value is -2.30. The number of carbonyl (C=O) groups is 1. The van der Waals surface area contributed by atoms with Gasteiger partial charge in [0.1, 0.15) is 6.33 Å². The molecule has 0 radical (unpaired) electrons. The molecule has 2 rings (SSSR count). The Morgan fingerprint density at radius 1 is 1.38 bits per heavy atom. The molecule has 1 aromatic heterocycles. The van der Waals surface area contributed by atoms with Crippen LogP contribution in [-0.2, 0) is 4.74 Å². The SMILES string of the molecule is COC(=O)c1cn(-c2ccc(N)cc2)cn1. The lowest BCUT2D eigenvalue weighted by atomic mass is 10.3. The number of benzene rings is 1. The zero-order valence-electron chi connectivity index (χ0n) is 8.75. The molecule has 16 heavy (non-hydrogen) atoms. The van der Waals surface area contributed by atoms with E-state index in [2.05, 4.69) is 9.72 Å². The lowest BCUT2D eigenvalue weighted by Gasteiger charge is -2.01. The number of hydrogen-bond donors (Lipinski definition) is 1. The first-order valence-corrected chi connectivity index (χ1v) is 4.69. The minimum atomic E-state index is -0.450. The number of nitrogen functional groups attached to an aromatic ring is 1. The van der Waals surface area contributed by atoms with Crippen LogP contribution >= 0.6 is 0 Å². The van der Waals surface area contributed by atoms with Crippen molar-refractivity contribution in [2.24, 2.45) is 0 Å². The molecule has 0 amide bonds. The number of rotatable bonds is 2. The van der Waals surface area contributed by atoms with Crippen molar-refractivity contribution < 1.29 is 9.53 Å². The predicted octanol–water partition coefficient (Wildman–Crippen LogP) is 1.24. The van der Waals surface area contributed by atoms with Crippen LogP contribution in [0.25, 0.3) is 5.69 Å². The molecular formula is C11H11N3O2. The highest BCUT2D eigenvalue weighted by molar-refractivity contribution is 5.86. The van der Waals surface area contributed by atoms with Crippen LogP contribution in [-0.4, -0.2) is 22.6 Å². The first-order chi connectivity index (χ1) is 7.70. The number of aromatic nitrogens is 2. The van der Waals surface area contributed by atoms with Gasteiger partial charge in [0.15, 0.2) is 5.69 Å². The van der Waals surface area contributed by atoms with Gasteiger partial charge in [0.2, 0.25) is 0 Å². The second-order valence-corrected chi connectivity index (χ2v) is 3.25. The van der Waals surface area contributed by atoms with Crippen LogP contribution in [0.15, 0.2) is 36.8 Å². The van der Waals surface area contributed by atoms with Gasteiger partial charge in [-0.15, -0.1) is 0 Å². The highest BCUT2D eigenvalue weighted by atomic mass is 16.5. The summed E-state index contributed by atoms with van der Waals surface area (Å²) >= 11 is 0. The Balaban J connectivity index is 2.31. The molecule has 0 fully saturated rings. The fourth-order valence-corrected chi connectivity index (χ4v) is 1.32. The number of nitrogens with zero attached hydrogens (tertiary/aromatic N) is 2. The first kappa shape index (κ1) is 10.2. The number of nitrogens with two attached hydrogens (primary N) is 1. The van der Waals surface area contributed by atoms with Gasteiger partial charge in [-0.05, 0) is 24.3 Å². The molecule has 0 saturated carbocycles. The second kappa shape index (κ2) is 4.06. The molecule has 82 valence electrons. The summed E-state index contributed by atoms with van der Waals surface area (Å²) in [4.78, 5) is 15.1. The topological polar surface area (TPSA) is 70.1 Å². The number of imidazole rings is 1. The Morgan fingerprint density at radius 3 is 2.69 bits per heavy atom. The van der Waals surface area contributed by atoms with Crippen LogP contribution in [0.4, 0.5) is 5.69 Å². The standard InChI is InChI=1S/C11H11N3O2/c1-16-11(15)10-6-14(7-13-10)9-4-2-8(12)3-5-9/h2-7H,12H2,1H3. The zero-order chi connectivity index (χ0) is 11.5. The zero-order valence-corrected chi connectivity index (χ0v) is 8.75. The van der Waals surface area contributed by atoms with E-state index in [0.717, 1.165) is 5.69 Å². The minimum Gasteiger partial charge on any atom is -0.464 e. The molecule has 0 unspecified atom stereocenters. The molecule has 0 spiro atoms. The van der Waals surface area contributed by atoms with Crippen LogP contribution in [0.1, 0.15) is 10.5 Å². The maximum Gasteiger partial charge on any atom is 0.358 e. The van der Waals surface area contributed by atoms with E-state index in [1.165, 1.54) is 7.11 Å². The van der Waals surface area contributed by atoms with Crippen molar-refractivity contribution in [3.63, 3.8) is 0 Å². The van der Waals surface area contributed by atoms with Crippen LogP contribution in [0.3, 0.4) is 0 Å². The van der Waals surface area contributed by atoms with E-state index in [9.17, 15) is 4.79 Å². The lowest BCUT2D eigenvalue weighted by molar-refractivity contribution is 0.0594. The van der Waals surface area contributed by atoms with Crippen molar-refractivity contribution in [3.8, 4) is 5.69 Å². The van der Waals surface area contributed by atoms with Crippen molar-refractivity contribution in [1.82, 2.24) is 9.55 Å². The van der Waals surface area contributed by atoms with E-state index in [0.29, 0.717) is 5.69 Å². The highest BCUT2D eigenvalue weighted by Crippen LogP contribution is 2.11. The summed E-state index contributed by atoms with van der Waals surface area (Å²) in [7, 11) is 1.32. The number of esters is 1. The number of carbonyl (C=O) groups excluding carboxylic acids is 1. The largest absolute Gasteiger partial charge is 0.464 e.